The van der Waals surface area contributed by atoms with Crippen molar-refractivity contribution < 1.29 is 19.1 Å². The zero-order valence-electron chi connectivity index (χ0n) is 17.2. The number of fused-ring (bicyclic) bond motifs is 1. The molecule has 3 heterocycles. The molecule has 0 saturated carbocycles. The van der Waals surface area contributed by atoms with Crippen molar-refractivity contribution in [1.82, 2.24) is 4.90 Å². The topological polar surface area (TPSA) is 82.8 Å². The zero-order valence-corrected chi connectivity index (χ0v) is 17.9. The molecule has 2 aliphatic heterocycles. The van der Waals surface area contributed by atoms with Gasteiger partial charge in [0.15, 0.2) is 0 Å². The summed E-state index contributed by atoms with van der Waals surface area (Å²) in [7, 11) is 0. The molecule has 2 N–H and O–H groups in total. The highest BCUT2D eigenvalue weighted by Crippen LogP contribution is 2.35. The van der Waals surface area contributed by atoms with E-state index >= 15 is 0 Å². The minimum atomic E-state index is -0.468. The van der Waals surface area contributed by atoms with E-state index in [4.69, 9.17) is 16.0 Å². The van der Waals surface area contributed by atoms with Crippen molar-refractivity contribution in [3.63, 3.8) is 0 Å². The Balaban J connectivity index is 1.41. The molecule has 1 saturated heterocycles. The number of hydrogen-bond donors (Lipinski definition) is 2. The number of halogens is 1. The molecule has 3 aromatic rings. The molecule has 0 aliphatic carbocycles. The SMILES string of the molecule is O=C1Nc2ccc(Cl)cc2/C1=C\c1ccc(-c2cccc(C(=O)N3CCCC(O)C3)c2)o1. The number of carbonyl (C=O) groups is 2. The molecule has 2 aliphatic rings. The summed E-state index contributed by atoms with van der Waals surface area (Å²) in [4.78, 5) is 26.9. The van der Waals surface area contributed by atoms with Gasteiger partial charge < -0.3 is 19.7 Å². The second-order valence-corrected chi connectivity index (χ2v) is 8.47. The molecule has 32 heavy (non-hydrogen) atoms. The van der Waals surface area contributed by atoms with Crippen LogP contribution in [0.5, 0.6) is 0 Å². The lowest BCUT2D eigenvalue weighted by atomic mass is 10.0. The number of carbonyl (C=O) groups excluding carboxylic acids is 2. The third kappa shape index (κ3) is 3.95. The van der Waals surface area contributed by atoms with E-state index in [1.807, 2.05) is 18.2 Å². The molecular formula is C25H21ClN2O4. The van der Waals surface area contributed by atoms with E-state index in [0.29, 0.717) is 46.5 Å². The minimum Gasteiger partial charge on any atom is -0.457 e. The Kier molecular flexibility index (Phi) is 5.33. The van der Waals surface area contributed by atoms with Crippen LogP contribution in [-0.2, 0) is 4.79 Å². The van der Waals surface area contributed by atoms with Crippen LogP contribution < -0.4 is 5.32 Å². The van der Waals surface area contributed by atoms with Crippen LogP contribution in [0.2, 0.25) is 5.02 Å². The zero-order chi connectivity index (χ0) is 22.2. The van der Waals surface area contributed by atoms with Crippen molar-refractivity contribution in [3.05, 3.63) is 76.5 Å². The molecule has 2 amide bonds. The summed E-state index contributed by atoms with van der Waals surface area (Å²) in [6.07, 6.45) is 2.74. The van der Waals surface area contributed by atoms with E-state index in [2.05, 4.69) is 5.32 Å². The van der Waals surface area contributed by atoms with E-state index in [9.17, 15) is 14.7 Å². The number of rotatable bonds is 3. The Bertz CT molecular complexity index is 1250. The number of likely N-dealkylation sites (tertiary alicyclic amines) is 1. The van der Waals surface area contributed by atoms with Crippen LogP contribution in [0.4, 0.5) is 5.69 Å². The Morgan fingerprint density at radius 1 is 1.19 bits per heavy atom. The highest BCUT2D eigenvalue weighted by molar-refractivity contribution is 6.36. The summed E-state index contributed by atoms with van der Waals surface area (Å²) in [5, 5.41) is 13.2. The average Bonchev–Trinajstić information content (AvgIpc) is 3.38. The summed E-state index contributed by atoms with van der Waals surface area (Å²) in [6.45, 7) is 1.00. The number of anilines is 1. The first-order valence-corrected chi connectivity index (χ1v) is 10.9. The second-order valence-electron chi connectivity index (χ2n) is 8.03. The standard InChI is InChI=1S/C25H21ClN2O4/c26-17-6-8-22-20(12-17)21(24(30)27-22)13-19-7-9-23(32-19)15-3-1-4-16(11-15)25(31)28-10-2-5-18(29)14-28/h1,3-4,6-9,11-13,18,29H,2,5,10,14H2,(H,27,30)/b21-13+. The number of benzene rings is 2. The largest absolute Gasteiger partial charge is 0.457 e. The van der Waals surface area contributed by atoms with Crippen molar-refractivity contribution in [2.75, 3.05) is 18.4 Å². The molecule has 1 unspecified atom stereocenters. The number of amides is 2. The summed E-state index contributed by atoms with van der Waals surface area (Å²) in [5.74, 6) is 0.802. The van der Waals surface area contributed by atoms with Crippen molar-refractivity contribution in [1.29, 1.82) is 0 Å². The predicted molar refractivity (Wildman–Crippen MR) is 123 cm³/mol. The van der Waals surface area contributed by atoms with Crippen LogP contribution in [0.15, 0.2) is 59.0 Å². The van der Waals surface area contributed by atoms with Gasteiger partial charge in [-0.05, 0) is 61.4 Å². The Morgan fingerprint density at radius 3 is 2.91 bits per heavy atom. The number of furan rings is 1. The molecule has 2 aromatic carbocycles. The van der Waals surface area contributed by atoms with Gasteiger partial charge in [0, 0.05) is 40.5 Å². The van der Waals surface area contributed by atoms with E-state index in [1.165, 1.54) is 0 Å². The molecule has 5 rings (SSSR count). The molecule has 0 radical (unpaired) electrons. The number of aliphatic hydroxyl groups is 1. The van der Waals surface area contributed by atoms with Crippen molar-refractivity contribution >= 4 is 40.8 Å². The summed E-state index contributed by atoms with van der Waals surface area (Å²) in [6, 6.07) is 16.1. The predicted octanol–water partition coefficient (Wildman–Crippen LogP) is 4.69. The van der Waals surface area contributed by atoms with Crippen LogP contribution in [0.3, 0.4) is 0 Å². The first kappa shape index (κ1) is 20.5. The third-order valence-corrected chi connectivity index (χ3v) is 5.99. The maximum Gasteiger partial charge on any atom is 0.256 e. The smallest absolute Gasteiger partial charge is 0.256 e. The maximum atomic E-state index is 12.9. The van der Waals surface area contributed by atoms with Gasteiger partial charge in [-0.1, -0.05) is 23.7 Å². The number of aliphatic hydroxyl groups excluding tert-OH is 1. The van der Waals surface area contributed by atoms with Gasteiger partial charge in [0.25, 0.3) is 11.8 Å². The van der Waals surface area contributed by atoms with Gasteiger partial charge in [0.05, 0.1) is 11.7 Å². The van der Waals surface area contributed by atoms with Crippen LogP contribution >= 0.6 is 11.6 Å². The Labute approximate surface area is 190 Å². The number of nitrogens with one attached hydrogen (secondary N) is 1. The molecule has 1 aromatic heterocycles. The second kappa shape index (κ2) is 8.30. The van der Waals surface area contributed by atoms with Gasteiger partial charge in [-0.15, -0.1) is 0 Å². The Morgan fingerprint density at radius 2 is 2.06 bits per heavy atom. The van der Waals surface area contributed by atoms with Gasteiger partial charge in [0.2, 0.25) is 0 Å². The average molecular weight is 449 g/mol. The van der Waals surface area contributed by atoms with Crippen LogP contribution in [0, 0.1) is 0 Å². The van der Waals surface area contributed by atoms with Crippen molar-refractivity contribution in [3.8, 4) is 11.3 Å². The summed E-state index contributed by atoms with van der Waals surface area (Å²) >= 11 is 6.09. The third-order valence-electron chi connectivity index (χ3n) is 5.76. The lowest BCUT2D eigenvalue weighted by molar-refractivity contribution is -0.110. The fourth-order valence-corrected chi connectivity index (χ4v) is 4.33. The van der Waals surface area contributed by atoms with Gasteiger partial charge in [-0.25, -0.2) is 0 Å². The van der Waals surface area contributed by atoms with E-state index < -0.39 is 6.10 Å². The first-order chi connectivity index (χ1) is 15.5. The lowest BCUT2D eigenvalue weighted by Gasteiger charge is -2.30. The number of piperidine rings is 1. The maximum absolute atomic E-state index is 12.9. The fraction of sp³-hybridized carbons (Fsp3) is 0.200. The minimum absolute atomic E-state index is 0.101. The van der Waals surface area contributed by atoms with Crippen molar-refractivity contribution in [2.45, 2.75) is 18.9 Å². The van der Waals surface area contributed by atoms with Gasteiger partial charge in [0.1, 0.15) is 11.5 Å². The van der Waals surface area contributed by atoms with Crippen LogP contribution in [0.25, 0.3) is 23.0 Å². The molecule has 1 atom stereocenters. The number of nitrogens with zero attached hydrogens (tertiary/aromatic N) is 1. The molecule has 1 fully saturated rings. The molecule has 6 nitrogen and oxygen atoms in total. The molecule has 0 bridgehead atoms. The van der Waals surface area contributed by atoms with Gasteiger partial charge in [-0.3, -0.25) is 9.59 Å². The molecular weight excluding hydrogens is 428 g/mol. The molecule has 7 heteroatoms. The normalized spacial score (nSPS) is 19.2. The van der Waals surface area contributed by atoms with Gasteiger partial charge >= 0.3 is 0 Å². The van der Waals surface area contributed by atoms with Gasteiger partial charge in [-0.2, -0.15) is 0 Å². The fourth-order valence-electron chi connectivity index (χ4n) is 4.16. The van der Waals surface area contributed by atoms with Crippen LogP contribution in [-0.4, -0.2) is 41.0 Å². The quantitative estimate of drug-likeness (QED) is 0.569. The molecule has 0 spiro atoms. The highest BCUT2D eigenvalue weighted by atomic mass is 35.5. The summed E-state index contributed by atoms with van der Waals surface area (Å²) < 4.78 is 5.97. The monoisotopic (exact) mass is 448 g/mol. The van der Waals surface area contributed by atoms with E-state index in [0.717, 1.165) is 24.0 Å². The highest BCUT2D eigenvalue weighted by Gasteiger charge is 2.25. The Hall–Kier alpha value is -3.35. The van der Waals surface area contributed by atoms with Crippen LogP contribution in [0.1, 0.15) is 34.5 Å². The number of β-amino-alcohol motifs (C(OH)–C–C–N with tert-alkyl or cyclic N) is 1. The lowest BCUT2D eigenvalue weighted by Crippen LogP contribution is -2.42. The first-order valence-electron chi connectivity index (χ1n) is 10.5. The molecule has 162 valence electrons. The van der Waals surface area contributed by atoms with E-state index in [-0.39, 0.29) is 11.8 Å². The summed E-state index contributed by atoms with van der Waals surface area (Å²) in [5.41, 5.74) is 3.24. The van der Waals surface area contributed by atoms with Crippen molar-refractivity contribution in [2.24, 2.45) is 0 Å². The van der Waals surface area contributed by atoms with E-state index in [1.54, 1.807) is 47.4 Å². The number of hydrogen-bond acceptors (Lipinski definition) is 4.